The molecular weight excluding hydrogens is 338 g/mol. The van der Waals surface area contributed by atoms with Crippen LogP contribution in [-0.4, -0.2) is 47.1 Å². The maximum atomic E-state index is 12.8. The van der Waals surface area contributed by atoms with Gasteiger partial charge in [-0.2, -0.15) is 0 Å². The molecule has 1 aromatic rings. The molecule has 1 saturated heterocycles. The van der Waals surface area contributed by atoms with E-state index in [0.29, 0.717) is 31.1 Å². The summed E-state index contributed by atoms with van der Waals surface area (Å²) in [7, 11) is 0.636. The summed E-state index contributed by atoms with van der Waals surface area (Å²) in [6.45, 7) is 3.28. The molecule has 1 aliphatic heterocycles. The second kappa shape index (κ2) is 9.07. The number of methoxy groups -OCH3 is 1. The minimum Gasteiger partial charge on any atom is -0.493 e. The van der Waals surface area contributed by atoms with Crippen LogP contribution in [0.25, 0.3) is 0 Å². The van der Waals surface area contributed by atoms with E-state index < -0.39 is 10.8 Å². The fraction of sp³-hybridized carbons (Fsp3) is 0.722. The molecule has 25 heavy (non-hydrogen) atoms. The van der Waals surface area contributed by atoms with Crippen LogP contribution in [0.5, 0.6) is 5.75 Å². The van der Waals surface area contributed by atoms with Crippen molar-refractivity contribution in [1.29, 1.82) is 0 Å². The van der Waals surface area contributed by atoms with E-state index in [4.69, 9.17) is 9.47 Å². The highest BCUT2D eigenvalue weighted by Crippen LogP contribution is 2.25. The highest BCUT2D eigenvalue weighted by Gasteiger charge is 2.37. The van der Waals surface area contributed by atoms with Crippen LogP contribution in [-0.2, 0) is 21.3 Å². The number of hydrogen-bond donors (Lipinski definition) is 2. The molecule has 0 bridgehead atoms. The molecule has 0 radical (unpaired) electrons. The van der Waals surface area contributed by atoms with E-state index in [1.54, 1.807) is 13.3 Å². The molecule has 3 atom stereocenters. The molecule has 3 unspecified atom stereocenters. The van der Waals surface area contributed by atoms with E-state index in [0.717, 1.165) is 23.4 Å². The highest BCUT2D eigenvalue weighted by molar-refractivity contribution is 7.84. The van der Waals surface area contributed by atoms with Crippen LogP contribution < -0.4 is 15.4 Å². The van der Waals surface area contributed by atoms with Crippen LogP contribution >= 0.6 is 0 Å². The molecule has 1 aliphatic carbocycles. The molecule has 2 N–H and O–H groups in total. The third-order valence-electron chi connectivity index (χ3n) is 5.05. The van der Waals surface area contributed by atoms with Crippen molar-refractivity contribution in [2.24, 2.45) is 0 Å². The molecule has 2 fully saturated rings. The van der Waals surface area contributed by atoms with Crippen molar-refractivity contribution in [2.75, 3.05) is 20.3 Å². The molecular formula is C18H29N3O3S. The van der Waals surface area contributed by atoms with Gasteiger partial charge in [-0.3, -0.25) is 19.8 Å². The smallest absolute Gasteiger partial charge is 0.136 e. The predicted octanol–water partition coefficient (Wildman–Crippen LogP) is 1.84. The van der Waals surface area contributed by atoms with Crippen LogP contribution in [0.15, 0.2) is 12.3 Å². The number of fused-ring (bicyclic) bond motifs is 1. The lowest BCUT2D eigenvalue weighted by molar-refractivity contribution is 0.172. The Hall–Kier alpha value is -1.02. The summed E-state index contributed by atoms with van der Waals surface area (Å²) < 4.78 is 23.7. The fourth-order valence-corrected chi connectivity index (χ4v) is 4.96. The van der Waals surface area contributed by atoms with Crippen LogP contribution in [0, 0.1) is 6.92 Å². The molecule has 2 heterocycles. The summed E-state index contributed by atoms with van der Waals surface area (Å²) in [5.74, 6) is 1.25. The lowest BCUT2D eigenvalue weighted by Crippen LogP contribution is -2.38. The van der Waals surface area contributed by atoms with Gasteiger partial charge in [0.1, 0.15) is 11.2 Å². The topological polar surface area (TPSA) is 72.5 Å². The van der Waals surface area contributed by atoms with Crippen LogP contribution in [0.3, 0.4) is 0 Å². The number of pyridine rings is 1. The van der Waals surface area contributed by atoms with Gasteiger partial charge in [0.05, 0.1) is 28.9 Å². The second-order valence-electron chi connectivity index (χ2n) is 6.81. The number of nitrogens with zero attached hydrogens (tertiary/aromatic N) is 1. The van der Waals surface area contributed by atoms with Gasteiger partial charge in [-0.15, -0.1) is 0 Å². The van der Waals surface area contributed by atoms with Gasteiger partial charge in [0.2, 0.25) is 0 Å². The molecule has 0 aromatic carbocycles. The summed E-state index contributed by atoms with van der Waals surface area (Å²) in [5, 5.41) is 7.02. The molecule has 0 spiro atoms. The van der Waals surface area contributed by atoms with Crippen molar-refractivity contribution in [1.82, 2.24) is 15.6 Å². The third kappa shape index (κ3) is 4.78. The van der Waals surface area contributed by atoms with Gasteiger partial charge in [-0.1, -0.05) is 12.8 Å². The van der Waals surface area contributed by atoms with E-state index >= 15 is 0 Å². The lowest BCUT2D eigenvalue weighted by atomic mass is 9.92. The number of rotatable bonds is 8. The Morgan fingerprint density at radius 2 is 1.96 bits per heavy atom. The quantitative estimate of drug-likeness (QED) is 0.683. The molecule has 2 aliphatic rings. The van der Waals surface area contributed by atoms with Crippen molar-refractivity contribution >= 4 is 10.8 Å². The molecule has 6 nitrogen and oxygen atoms in total. The Bertz CT molecular complexity index is 585. The Labute approximate surface area is 152 Å². The third-order valence-corrected chi connectivity index (χ3v) is 6.40. The van der Waals surface area contributed by atoms with E-state index in [-0.39, 0.29) is 5.50 Å². The normalized spacial score (nSPS) is 27.0. The summed E-state index contributed by atoms with van der Waals surface area (Å²) in [6, 6.07) is 2.80. The van der Waals surface area contributed by atoms with Gasteiger partial charge in [-0.25, -0.2) is 0 Å². The van der Waals surface area contributed by atoms with Crippen molar-refractivity contribution in [3.05, 3.63) is 23.5 Å². The average molecular weight is 368 g/mol. The highest BCUT2D eigenvalue weighted by atomic mass is 32.2. The molecule has 1 aromatic heterocycles. The minimum atomic E-state index is -1.05. The maximum absolute atomic E-state index is 12.8. The summed E-state index contributed by atoms with van der Waals surface area (Å²) in [6.07, 6.45) is 7.45. The monoisotopic (exact) mass is 367 g/mol. The molecule has 140 valence electrons. The molecule has 7 heteroatoms. The van der Waals surface area contributed by atoms with E-state index in [2.05, 4.69) is 15.6 Å². The standard InChI is InChI=1S/C18H29N3O3S/c1-13-16(19-9-8-17(13)24-11-5-10-23-2)12-25(22)18-20-14-6-3-4-7-15(14)21-18/h8-9,14-15,18,20-21H,3-7,10-12H2,1-2H3. The van der Waals surface area contributed by atoms with Crippen LogP contribution in [0.4, 0.5) is 0 Å². The van der Waals surface area contributed by atoms with Crippen molar-refractivity contribution < 1.29 is 13.7 Å². The van der Waals surface area contributed by atoms with Crippen molar-refractivity contribution in [2.45, 2.75) is 62.4 Å². The predicted molar refractivity (Wildman–Crippen MR) is 98.9 cm³/mol. The van der Waals surface area contributed by atoms with Gasteiger partial charge in [0.15, 0.2) is 0 Å². The van der Waals surface area contributed by atoms with Crippen LogP contribution in [0.2, 0.25) is 0 Å². The Kier molecular flexibility index (Phi) is 6.81. The number of ether oxygens (including phenoxy) is 2. The summed E-state index contributed by atoms with van der Waals surface area (Å²) in [5.41, 5.74) is 1.69. The molecule has 3 rings (SSSR count). The van der Waals surface area contributed by atoms with Gasteiger partial charge in [0.25, 0.3) is 0 Å². The number of aromatic nitrogens is 1. The van der Waals surface area contributed by atoms with Crippen molar-refractivity contribution in [3.8, 4) is 5.75 Å². The zero-order valence-electron chi connectivity index (χ0n) is 15.1. The first-order valence-electron chi connectivity index (χ1n) is 9.14. The van der Waals surface area contributed by atoms with Crippen LogP contribution in [0.1, 0.15) is 43.4 Å². The summed E-state index contributed by atoms with van der Waals surface area (Å²) >= 11 is 0. The number of hydrogen-bond acceptors (Lipinski definition) is 6. The first-order chi connectivity index (χ1) is 12.2. The Morgan fingerprint density at radius 1 is 1.24 bits per heavy atom. The zero-order valence-corrected chi connectivity index (χ0v) is 15.9. The second-order valence-corrected chi connectivity index (χ2v) is 8.33. The van der Waals surface area contributed by atoms with Gasteiger partial charge in [0, 0.05) is 44.0 Å². The largest absolute Gasteiger partial charge is 0.493 e. The van der Waals surface area contributed by atoms with Gasteiger partial charge < -0.3 is 9.47 Å². The Morgan fingerprint density at radius 3 is 2.64 bits per heavy atom. The minimum absolute atomic E-state index is 0.138. The fourth-order valence-electron chi connectivity index (χ4n) is 3.58. The SMILES string of the molecule is COCCCOc1ccnc(CS(=O)C2NC3CCCCC3N2)c1C. The zero-order chi connectivity index (χ0) is 17.6. The molecule has 0 amide bonds. The maximum Gasteiger partial charge on any atom is 0.136 e. The lowest BCUT2D eigenvalue weighted by Gasteiger charge is -2.23. The van der Waals surface area contributed by atoms with E-state index in [1.807, 2.05) is 13.0 Å². The van der Waals surface area contributed by atoms with Gasteiger partial charge >= 0.3 is 0 Å². The van der Waals surface area contributed by atoms with E-state index in [1.165, 1.54) is 25.7 Å². The van der Waals surface area contributed by atoms with E-state index in [9.17, 15) is 4.21 Å². The first kappa shape index (κ1) is 18.8. The van der Waals surface area contributed by atoms with Gasteiger partial charge in [-0.05, 0) is 25.8 Å². The molecule has 1 saturated carbocycles. The first-order valence-corrected chi connectivity index (χ1v) is 10.5. The van der Waals surface area contributed by atoms with Crippen molar-refractivity contribution in [3.63, 3.8) is 0 Å². The number of nitrogens with one attached hydrogen (secondary N) is 2. The Balaban J connectivity index is 1.57. The summed E-state index contributed by atoms with van der Waals surface area (Å²) in [4.78, 5) is 4.43. The average Bonchev–Trinajstić information content (AvgIpc) is 3.06.